The molecule has 0 aliphatic carbocycles. The van der Waals surface area contributed by atoms with E-state index in [1.54, 1.807) is 73.8 Å². The molecule has 0 unspecified atom stereocenters. The number of amidine groups is 1. The average molecular weight is 478 g/mol. The van der Waals surface area contributed by atoms with Gasteiger partial charge in [-0.2, -0.15) is 0 Å². The number of nitrogens with one attached hydrogen (secondary N) is 2. The van der Waals surface area contributed by atoms with E-state index in [0.29, 0.717) is 46.2 Å². The predicted octanol–water partition coefficient (Wildman–Crippen LogP) is 3.88. The Morgan fingerprint density at radius 3 is 2.09 bits per heavy atom. The first-order valence-electron chi connectivity index (χ1n) is 10.8. The molecule has 0 saturated carbocycles. The molecule has 3 rings (SSSR count). The van der Waals surface area contributed by atoms with Gasteiger partial charge in [0, 0.05) is 22.9 Å². The number of rotatable bonds is 12. The number of hydrogen-bond acceptors (Lipinski definition) is 7. The van der Waals surface area contributed by atoms with Crippen LogP contribution in [0.5, 0.6) is 17.2 Å². The Kier molecular flexibility index (Phi) is 8.29. The van der Waals surface area contributed by atoms with Crippen LogP contribution in [0.4, 0.5) is 5.69 Å². The third-order valence-corrected chi connectivity index (χ3v) is 5.08. The van der Waals surface area contributed by atoms with E-state index in [1.165, 1.54) is 0 Å². The molecule has 3 aromatic carbocycles. The number of hydrogen-bond donors (Lipinski definition) is 4. The molecule has 0 aliphatic rings. The second kappa shape index (κ2) is 11.6. The number of carboxylic acid groups (broad SMARTS) is 1. The SMILES string of the molecule is CCOc1cc(OCC(=O)c2ccc(OC)cc2)cc([C@@H](Nc2ccc(C(=N)N)cc2)C(=O)O)c1. The topological polar surface area (TPSA) is 144 Å². The van der Waals surface area contributed by atoms with Crippen LogP contribution in [0, 0.1) is 5.41 Å². The van der Waals surface area contributed by atoms with Crippen molar-refractivity contribution >= 4 is 23.3 Å². The number of Topliss-reactive ketones (excluding diaryl/α,β-unsaturated/α-hetero) is 1. The lowest BCUT2D eigenvalue weighted by molar-refractivity contribution is -0.138. The van der Waals surface area contributed by atoms with Crippen LogP contribution in [0.2, 0.25) is 0 Å². The number of nitrogens with two attached hydrogens (primary N) is 1. The largest absolute Gasteiger partial charge is 0.497 e. The van der Waals surface area contributed by atoms with Crippen LogP contribution >= 0.6 is 0 Å². The lowest BCUT2D eigenvalue weighted by atomic mass is 10.0. The molecular formula is C26H27N3O6. The summed E-state index contributed by atoms with van der Waals surface area (Å²) in [6, 6.07) is 16.8. The maximum absolute atomic E-state index is 12.5. The molecule has 0 bridgehead atoms. The molecule has 0 aliphatic heterocycles. The van der Waals surface area contributed by atoms with E-state index >= 15 is 0 Å². The molecule has 182 valence electrons. The van der Waals surface area contributed by atoms with Gasteiger partial charge in [-0.3, -0.25) is 10.2 Å². The molecule has 1 atom stereocenters. The average Bonchev–Trinajstić information content (AvgIpc) is 2.86. The molecule has 0 fully saturated rings. The standard InChI is InChI=1S/C26H27N3O6/c1-3-34-21-12-18(24(26(31)32)29-19-8-4-17(5-9-19)25(27)28)13-22(14-21)35-15-23(30)16-6-10-20(33-2)11-7-16/h4-14,24,29H,3,15H2,1-2H3,(H3,27,28)(H,31,32)/t24-/m1/s1. The number of aliphatic carboxylic acids is 1. The van der Waals surface area contributed by atoms with Crippen molar-refractivity contribution in [3.8, 4) is 17.2 Å². The van der Waals surface area contributed by atoms with Crippen molar-refractivity contribution in [1.82, 2.24) is 0 Å². The molecule has 0 spiro atoms. The summed E-state index contributed by atoms with van der Waals surface area (Å²) in [5.41, 5.74) is 7.38. The minimum atomic E-state index is -1.13. The van der Waals surface area contributed by atoms with Crippen molar-refractivity contribution in [1.29, 1.82) is 5.41 Å². The van der Waals surface area contributed by atoms with Gasteiger partial charge >= 0.3 is 5.97 Å². The van der Waals surface area contributed by atoms with Gasteiger partial charge in [0.2, 0.25) is 0 Å². The lowest BCUT2D eigenvalue weighted by Crippen LogP contribution is -2.21. The number of ether oxygens (including phenoxy) is 3. The van der Waals surface area contributed by atoms with E-state index in [1.807, 2.05) is 6.92 Å². The summed E-state index contributed by atoms with van der Waals surface area (Å²) in [5, 5.41) is 20.3. The summed E-state index contributed by atoms with van der Waals surface area (Å²) in [5.74, 6) is -0.0879. The smallest absolute Gasteiger partial charge is 0.330 e. The summed E-state index contributed by atoms with van der Waals surface area (Å²) in [4.78, 5) is 24.6. The van der Waals surface area contributed by atoms with E-state index in [0.717, 1.165) is 0 Å². The molecule has 9 heteroatoms. The van der Waals surface area contributed by atoms with Crippen molar-refractivity contribution in [3.05, 3.63) is 83.4 Å². The quantitative estimate of drug-likeness (QED) is 0.175. The van der Waals surface area contributed by atoms with E-state index < -0.39 is 12.0 Å². The van der Waals surface area contributed by atoms with Crippen LogP contribution in [0.25, 0.3) is 0 Å². The maximum Gasteiger partial charge on any atom is 0.330 e. The van der Waals surface area contributed by atoms with Crippen LogP contribution in [-0.4, -0.2) is 43.0 Å². The second-order valence-corrected chi connectivity index (χ2v) is 7.52. The van der Waals surface area contributed by atoms with Gasteiger partial charge < -0.3 is 30.4 Å². The zero-order chi connectivity index (χ0) is 25.4. The monoisotopic (exact) mass is 477 g/mol. The third-order valence-electron chi connectivity index (χ3n) is 5.08. The van der Waals surface area contributed by atoms with Crippen molar-refractivity contribution in [2.24, 2.45) is 5.73 Å². The first-order chi connectivity index (χ1) is 16.8. The molecule has 5 N–H and O–H groups in total. The molecule has 0 aromatic heterocycles. The van der Waals surface area contributed by atoms with E-state index in [-0.39, 0.29) is 18.2 Å². The number of methoxy groups -OCH3 is 1. The van der Waals surface area contributed by atoms with Gasteiger partial charge in [-0.1, -0.05) is 0 Å². The zero-order valence-corrected chi connectivity index (χ0v) is 19.4. The Hall–Kier alpha value is -4.53. The lowest BCUT2D eigenvalue weighted by Gasteiger charge is -2.19. The van der Waals surface area contributed by atoms with Gasteiger partial charge in [0.05, 0.1) is 13.7 Å². The first kappa shape index (κ1) is 25.1. The number of ketones is 1. The van der Waals surface area contributed by atoms with Gasteiger partial charge in [-0.25, -0.2) is 4.79 Å². The highest BCUT2D eigenvalue weighted by Crippen LogP contribution is 2.29. The van der Waals surface area contributed by atoms with Crippen LogP contribution < -0.4 is 25.3 Å². The van der Waals surface area contributed by atoms with Crippen LogP contribution in [0.3, 0.4) is 0 Å². The van der Waals surface area contributed by atoms with Gasteiger partial charge in [-0.05, 0) is 73.2 Å². The second-order valence-electron chi connectivity index (χ2n) is 7.52. The third kappa shape index (κ3) is 6.73. The van der Waals surface area contributed by atoms with E-state index in [2.05, 4.69) is 5.32 Å². The minimum Gasteiger partial charge on any atom is -0.497 e. The molecule has 9 nitrogen and oxygen atoms in total. The maximum atomic E-state index is 12.5. The Labute approximate surface area is 202 Å². The molecule has 3 aromatic rings. The number of anilines is 1. The molecule has 0 amide bonds. The fourth-order valence-electron chi connectivity index (χ4n) is 3.30. The fourth-order valence-corrected chi connectivity index (χ4v) is 3.30. The fraction of sp³-hybridized carbons (Fsp3) is 0.192. The normalized spacial score (nSPS) is 11.3. The van der Waals surface area contributed by atoms with Crippen molar-refractivity contribution < 1.29 is 28.9 Å². The van der Waals surface area contributed by atoms with Gasteiger partial charge in [-0.15, -0.1) is 0 Å². The van der Waals surface area contributed by atoms with Crippen molar-refractivity contribution in [2.45, 2.75) is 13.0 Å². The summed E-state index contributed by atoms with van der Waals surface area (Å²) in [7, 11) is 1.54. The van der Waals surface area contributed by atoms with E-state index in [9.17, 15) is 14.7 Å². The van der Waals surface area contributed by atoms with E-state index in [4.69, 9.17) is 25.4 Å². The first-order valence-corrected chi connectivity index (χ1v) is 10.8. The highest BCUT2D eigenvalue weighted by atomic mass is 16.5. The Balaban J connectivity index is 1.81. The number of carbonyl (C=O) groups excluding carboxylic acids is 1. The van der Waals surface area contributed by atoms with Gasteiger partial charge in [0.1, 0.15) is 23.1 Å². The molecular weight excluding hydrogens is 450 g/mol. The highest BCUT2D eigenvalue weighted by molar-refractivity contribution is 5.97. The zero-order valence-electron chi connectivity index (χ0n) is 19.4. The summed E-state index contributed by atoms with van der Waals surface area (Å²) in [6.45, 7) is 1.94. The predicted molar refractivity (Wildman–Crippen MR) is 132 cm³/mol. The summed E-state index contributed by atoms with van der Waals surface area (Å²) >= 11 is 0. The summed E-state index contributed by atoms with van der Waals surface area (Å²) < 4.78 is 16.4. The number of benzene rings is 3. The molecule has 35 heavy (non-hydrogen) atoms. The van der Waals surface area contributed by atoms with Crippen LogP contribution in [-0.2, 0) is 4.79 Å². The number of carbonyl (C=O) groups is 2. The molecule has 0 heterocycles. The number of nitrogen functional groups attached to an aromatic ring is 1. The number of carboxylic acids is 1. The highest BCUT2D eigenvalue weighted by Gasteiger charge is 2.22. The van der Waals surface area contributed by atoms with Crippen molar-refractivity contribution in [2.75, 3.05) is 25.6 Å². The Bertz CT molecular complexity index is 1190. The van der Waals surface area contributed by atoms with Crippen LogP contribution in [0.15, 0.2) is 66.7 Å². The molecule has 0 saturated heterocycles. The Morgan fingerprint density at radius 2 is 1.54 bits per heavy atom. The van der Waals surface area contributed by atoms with Gasteiger partial charge in [0.25, 0.3) is 0 Å². The minimum absolute atomic E-state index is 0.0817. The molecule has 0 radical (unpaired) electrons. The summed E-state index contributed by atoms with van der Waals surface area (Å²) in [6.07, 6.45) is 0. The van der Waals surface area contributed by atoms with Crippen LogP contribution in [0.1, 0.15) is 34.5 Å². The Morgan fingerprint density at radius 1 is 0.943 bits per heavy atom. The van der Waals surface area contributed by atoms with Gasteiger partial charge in [0.15, 0.2) is 18.4 Å². The van der Waals surface area contributed by atoms with Crippen molar-refractivity contribution in [3.63, 3.8) is 0 Å².